The number of hydrogen-bond donors (Lipinski definition) is 1. The first-order chi connectivity index (χ1) is 11.2. The first kappa shape index (κ1) is 22.4. The average molecular weight is 362 g/mol. The predicted octanol–water partition coefficient (Wildman–Crippen LogP) is 1.36. The highest BCUT2D eigenvalue weighted by molar-refractivity contribution is 6.79. The summed E-state index contributed by atoms with van der Waals surface area (Å²) in [7, 11) is 1.15. The molecule has 8 nitrogen and oxygen atoms in total. The third kappa shape index (κ3) is 7.82. The van der Waals surface area contributed by atoms with Gasteiger partial charge in [0.2, 0.25) is 14.6 Å². The molecule has 0 aromatic rings. The van der Waals surface area contributed by atoms with Crippen molar-refractivity contribution >= 4 is 26.0 Å². The van der Waals surface area contributed by atoms with Crippen molar-refractivity contribution in [1.29, 1.82) is 0 Å². The molecule has 0 saturated heterocycles. The van der Waals surface area contributed by atoms with E-state index in [-0.39, 0.29) is 30.1 Å². The Kier molecular flexibility index (Phi) is 10.4. The quantitative estimate of drug-likeness (QED) is 0.172. The van der Waals surface area contributed by atoms with Crippen LogP contribution in [-0.4, -0.2) is 65.4 Å². The number of hydrogen-bond acceptors (Lipinski definition) is 7. The maximum atomic E-state index is 12.2. The van der Waals surface area contributed by atoms with E-state index in [4.69, 9.17) is 23.7 Å². The van der Waals surface area contributed by atoms with Gasteiger partial charge in [-0.1, -0.05) is 6.58 Å². The number of carbonyl (C=O) groups excluding carboxylic acids is 2. The van der Waals surface area contributed by atoms with Gasteiger partial charge in [0.15, 0.2) is 5.78 Å². The summed E-state index contributed by atoms with van der Waals surface area (Å²) in [6.45, 7) is 5.12. The zero-order chi connectivity index (χ0) is 18.8. The highest BCUT2D eigenvalue weighted by Crippen LogP contribution is 2.25. The predicted molar refractivity (Wildman–Crippen MR) is 88.0 cm³/mol. The van der Waals surface area contributed by atoms with Gasteiger partial charge in [0.05, 0.1) is 12.7 Å². The lowest BCUT2D eigenvalue weighted by Gasteiger charge is -2.28. The first-order valence-electron chi connectivity index (χ1n) is 7.39. The number of aliphatic carboxylic acids is 1. The van der Waals surface area contributed by atoms with E-state index in [0.717, 1.165) is 0 Å². The molecule has 24 heavy (non-hydrogen) atoms. The fourth-order valence-electron chi connectivity index (χ4n) is 2.20. The smallest absolute Gasteiger partial charge is 0.333 e. The standard InChI is InChI=1S/C15H26O8Si/c1-11(2)14(19)23-7-6-8-24(22-5,10-13(17)18)9-12(16)15(20-3)21-4/h15H,1,6-10H2,2-5H3,(H,17,18). The number of methoxy groups -OCH3 is 2. The third-order valence-electron chi connectivity index (χ3n) is 3.45. The zero-order valence-corrected chi connectivity index (χ0v) is 15.6. The topological polar surface area (TPSA) is 108 Å². The minimum atomic E-state index is -2.91. The maximum Gasteiger partial charge on any atom is 0.333 e. The monoisotopic (exact) mass is 362 g/mol. The zero-order valence-electron chi connectivity index (χ0n) is 14.6. The Morgan fingerprint density at radius 3 is 2.12 bits per heavy atom. The number of ketones is 1. The fraction of sp³-hybridized carbons (Fsp3) is 0.667. The van der Waals surface area contributed by atoms with E-state index in [1.165, 1.54) is 28.3 Å². The Hall–Kier alpha value is -1.55. The molecule has 1 N–H and O–H groups in total. The molecule has 138 valence electrons. The molecule has 0 bridgehead atoms. The normalized spacial score (nSPS) is 13.4. The number of Topliss-reactive ketones (excluding diaryl/α,β-unsaturated/α-hetero) is 1. The molecule has 0 aliphatic carbocycles. The Labute approximate surface area is 142 Å². The van der Waals surface area contributed by atoms with Crippen molar-refractivity contribution in [2.45, 2.75) is 37.8 Å². The van der Waals surface area contributed by atoms with E-state index >= 15 is 0 Å². The van der Waals surface area contributed by atoms with Gasteiger partial charge < -0.3 is 23.7 Å². The largest absolute Gasteiger partial charge is 0.481 e. The Morgan fingerprint density at radius 2 is 1.71 bits per heavy atom. The summed E-state index contributed by atoms with van der Waals surface area (Å²) in [5.41, 5.74) is 0.286. The van der Waals surface area contributed by atoms with Crippen molar-refractivity contribution in [3.05, 3.63) is 12.2 Å². The van der Waals surface area contributed by atoms with E-state index in [1.54, 1.807) is 0 Å². The summed E-state index contributed by atoms with van der Waals surface area (Å²) in [5, 5.41) is 9.15. The van der Waals surface area contributed by atoms with Crippen LogP contribution >= 0.6 is 0 Å². The highest BCUT2D eigenvalue weighted by atomic mass is 28.4. The lowest BCUT2D eigenvalue weighted by atomic mass is 10.4. The van der Waals surface area contributed by atoms with Crippen molar-refractivity contribution in [2.24, 2.45) is 0 Å². The molecule has 0 rings (SSSR count). The molecule has 1 atom stereocenters. The summed E-state index contributed by atoms with van der Waals surface area (Å²) >= 11 is 0. The van der Waals surface area contributed by atoms with Gasteiger partial charge >= 0.3 is 11.9 Å². The molecule has 0 heterocycles. The third-order valence-corrected chi connectivity index (χ3v) is 7.52. The minimum absolute atomic E-state index is 0.0589. The maximum absolute atomic E-state index is 12.2. The van der Waals surface area contributed by atoms with Gasteiger partial charge in [0.25, 0.3) is 0 Å². The second-order valence-corrected chi connectivity index (χ2v) is 9.41. The molecule has 0 aliphatic rings. The van der Waals surface area contributed by atoms with E-state index in [0.29, 0.717) is 12.5 Å². The lowest BCUT2D eigenvalue weighted by Crippen LogP contribution is -2.44. The summed E-state index contributed by atoms with van der Waals surface area (Å²) in [4.78, 5) is 34.7. The Morgan fingerprint density at radius 1 is 1.12 bits per heavy atom. The Bertz CT molecular complexity index is 460. The average Bonchev–Trinajstić information content (AvgIpc) is 2.51. The molecular weight excluding hydrogens is 336 g/mol. The van der Waals surface area contributed by atoms with Crippen molar-refractivity contribution in [1.82, 2.24) is 0 Å². The molecule has 0 aliphatic heterocycles. The van der Waals surface area contributed by atoms with Crippen LogP contribution in [0.4, 0.5) is 0 Å². The lowest BCUT2D eigenvalue weighted by molar-refractivity contribution is -0.154. The molecule has 0 spiro atoms. The van der Waals surface area contributed by atoms with Crippen LogP contribution in [0.25, 0.3) is 0 Å². The molecule has 0 amide bonds. The summed E-state index contributed by atoms with van der Waals surface area (Å²) in [6.07, 6.45) is -0.661. The van der Waals surface area contributed by atoms with Crippen LogP contribution < -0.4 is 0 Å². The van der Waals surface area contributed by atoms with Crippen molar-refractivity contribution in [2.75, 3.05) is 27.9 Å². The number of ether oxygens (including phenoxy) is 3. The van der Waals surface area contributed by atoms with Crippen LogP contribution in [0.2, 0.25) is 18.1 Å². The number of esters is 1. The molecule has 1 unspecified atom stereocenters. The molecule has 9 heteroatoms. The van der Waals surface area contributed by atoms with Crippen LogP contribution in [0.3, 0.4) is 0 Å². The molecule has 0 saturated carbocycles. The van der Waals surface area contributed by atoms with Gasteiger partial charge in [-0.05, 0) is 19.4 Å². The second-order valence-electron chi connectivity index (χ2n) is 5.42. The van der Waals surface area contributed by atoms with Gasteiger partial charge in [-0.15, -0.1) is 0 Å². The highest BCUT2D eigenvalue weighted by Gasteiger charge is 2.40. The van der Waals surface area contributed by atoms with Gasteiger partial charge in [-0.3, -0.25) is 9.59 Å². The first-order valence-corrected chi connectivity index (χ1v) is 9.92. The van der Waals surface area contributed by atoms with Crippen LogP contribution in [0, 0.1) is 0 Å². The van der Waals surface area contributed by atoms with Crippen molar-refractivity contribution in [3.63, 3.8) is 0 Å². The molecule has 0 radical (unpaired) electrons. The van der Waals surface area contributed by atoms with Gasteiger partial charge in [-0.25, -0.2) is 4.79 Å². The summed E-state index contributed by atoms with van der Waals surface area (Å²) < 4.78 is 20.3. The van der Waals surface area contributed by atoms with E-state index in [1.807, 2.05) is 0 Å². The molecule has 0 fully saturated rings. The molecule has 0 aromatic carbocycles. The van der Waals surface area contributed by atoms with E-state index in [9.17, 15) is 14.4 Å². The van der Waals surface area contributed by atoms with E-state index in [2.05, 4.69) is 6.58 Å². The number of rotatable bonds is 13. The van der Waals surface area contributed by atoms with Crippen LogP contribution in [0.1, 0.15) is 13.3 Å². The van der Waals surface area contributed by atoms with Gasteiger partial charge in [0.1, 0.15) is 0 Å². The molecule has 0 aromatic heterocycles. The van der Waals surface area contributed by atoms with E-state index < -0.39 is 26.5 Å². The Balaban J connectivity index is 4.87. The van der Waals surface area contributed by atoms with Crippen molar-refractivity contribution < 1.29 is 38.1 Å². The van der Waals surface area contributed by atoms with Gasteiger partial charge in [-0.2, -0.15) is 0 Å². The van der Waals surface area contributed by atoms with Crippen LogP contribution in [-0.2, 0) is 33.0 Å². The van der Waals surface area contributed by atoms with Gasteiger partial charge in [0, 0.05) is 32.9 Å². The number of carbonyl (C=O) groups is 3. The van der Waals surface area contributed by atoms with Crippen LogP contribution in [0.15, 0.2) is 12.2 Å². The van der Waals surface area contributed by atoms with Crippen LogP contribution in [0.5, 0.6) is 0 Å². The minimum Gasteiger partial charge on any atom is -0.481 e. The number of carboxylic acid groups (broad SMARTS) is 1. The fourth-order valence-corrected chi connectivity index (χ4v) is 5.32. The second kappa shape index (κ2) is 11.1. The molecular formula is C15H26O8Si. The number of carboxylic acids is 1. The summed E-state index contributed by atoms with van der Waals surface area (Å²) in [6, 6.07) is 0.0611. The van der Waals surface area contributed by atoms with Crippen molar-refractivity contribution in [3.8, 4) is 0 Å². The summed E-state index contributed by atoms with van der Waals surface area (Å²) in [5.74, 6) is -1.91. The SMILES string of the molecule is C=C(C)C(=O)OCCC[Si](CC(=O)O)(CC(=O)C(OC)OC)OC.